The summed E-state index contributed by atoms with van der Waals surface area (Å²) in [6, 6.07) is 0. The lowest BCUT2D eigenvalue weighted by Crippen LogP contribution is -2.08. The number of rotatable bonds is 8. The van der Waals surface area contributed by atoms with Crippen LogP contribution in [0.25, 0.3) is 0 Å². The summed E-state index contributed by atoms with van der Waals surface area (Å²) in [5.74, 6) is 1.14. The molecule has 5 heteroatoms. The second-order valence-electron chi connectivity index (χ2n) is 2.76. The third kappa shape index (κ3) is 9.59. The second kappa shape index (κ2) is 9.83. The topological polar surface area (TPSA) is 52.6 Å². The molecule has 0 N–H and O–H groups in total. The van der Waals surface area contributed by atoms with E-state index in [1.165, 1.54) is 0 Å². The maximum absolute atomic E-state index is 10.7. The van der Waals surface area contributed by atoms with Crippen molar-refractivity contribution in [2.45, 2.75) is 26.7 Å². The van der Waals surface area contributed by atoms with Gasteiger partial charge in [0.25, 0.3) is 0 Å². The Morgan fingerprint density at radius 1 is 0.933 bits per heavy atom. The van der Waals surface area contributed by atoms with Crippen molar-refractivity contribution in [1.82, 2.24) is 0 Å². The van der Waals surface area contributed by atoms with Crippen LogP contribution in [0.1, 0.15) is 26.7 Å². The Morgan fingerprint density at radius 2 is 1.33 bits per heavy atom. The lowest BCUT2D eigenvalue weighted by molar-refractivity contribution is -0.143. The van der Waals surface area contributed by atoms with Crippen LogP contribution in [0.3, 0.4) is 0 Å². The molecule has 4 nitrogen and oxygen atoms in total. The maximum atomic E-state index is 10.7. The fourth-order valence-electron chi connectivity index (χ4n) is 0.735. The Morgan fingerprint density at radius 3 is 1.67 bits per heavy atom. The smallest absolute Gasteiger partial charge is 0.305 e. The highest BCUT2D eigenvalue weighted by Gasteiger charge is 1.99. The van der Waals surface area contributed by atoms with Gasteiger partial charge in [0.05, 0.1) is 0 Å². The molecule has 0 saturated carbocycles. The molecule has 0 saturated heterocycles. The molecule has 0 aliphatic carbocycles. The highest BCUT2D eigenvalue weighted by molar-refractivity contribution is 7.99. The molecule has 0 aromatic carbocycles. The first-order chi connectivity index (χ1) is 7.20. The van der Waals surface area contributed by atoms with E-state index in [1.54, 1.807) is 25.6 Å². The van der Waals surface area contributed by atoms with Gasteiger partial charge >= 0.3 is 11.9 Å². The van der Waals surface area contributed by atoms with Gasteiger partial charge in [0, 0.05) is 24.3 Å². The van der Waals surface area contributed by atoms with E-state index in [2.05, 4.69) is 0 Å². The number of hydrogen-bond donors (Lipinski definition) is 0. The molecule has 0 spiro atoms. The van der Waals surface area contributed by atoms with Crippen LogP contribution in [0.5, 0.6) is 0 Å². The van der Waals surface area contributed by atoms with Crippen molar-refractivity contribution in [2.75, 3.05) is 24.7 Å². The number of thioether (sulfide) groups is 1. The number of carbonyl (C=O) groups excluding carboxylic acids is 2. The lowest BCUT2D eigenvalue weighted by atomic mass is 10.5. The van der Waals surface area contributed by atoms with Gasteiger partial charge in [-0.15, -0.1) is 0 Å². The quantitative estimate of drug-likeness (QED) is 0.472. The first-order valence-corrected chi connectivity index (χ1v) is 6.25. The van der Waals surface area contributed by atoms with Crippen LogP contribution < -0.4 is 0 Å². The molecule has 15 heavy (non-hydrogen) atoms. The molecule has 0 atom stereocenters. The zero-order valence-corrected chi connectivity index (χ0v) is 10.1. The monoisotopic (exact) mass is 234 g/mol. The molecule has 0 aliphatic heterocycles. The average Bonchev–Trinajstić information content (AvgIpc) is 2.26. The van der Waals surface area contributed by atoms with E-state index in [0.29, 0.717) is 26.1 Å². The molecule has 88 valence electrons. The predicted molar refractivity (Wildman–Crippen MR) is 59.8 cm³/mol. The Kier molecular flexibility index (Phi) is 9.36. The van der Waals surface area contributed by atoms with Crippen molar-refractivity contribution < 1.29 is 19.1 Å². The summed E-state index contributed by atoms with van der Waals surface area (Å²) < 4.78 is 9.74. The van der Waals surface area contributed by atoms with E-state index >= 15 is 0 Å². The largest absolute Gasteiger partial charge is 0.465 e. The maximum Gasteiger partial charge on any atom is 0.305 e. The van der Waals surface area contributed by atoms with Crippen molar-refractivity contribution in [3.63, 3.8) is 0 Å². The molecule has 0 amide bonds. The molecule has 0 fully saturated rings. The zero-order chi connectivity index (χ0) is 11.5. The van der Waals surface area contributed by atoms with Crippen molar-refractivity contribution in [2.24, 2.45) is 0 Å². The molecule has 0 aliphatic rings. The highest BCUT2D eigenvalue weighted by Crippen LogP contribution is 2.00. The molecule has 0 unspecified atom stereocenters. The number of carbonyl (C=O) groups is 2. The molecule has 0 rings (SSSR count). The van der Waals surface area contributed by atoms with Crippen LogP contribution in [0.4, 0.5) is 0 Å². The SMILES string of the molecule is CCC(=O)OCCSCCOC(=O)CC. The first kappa shape index (κ1) is 14.3. The van der Waals surface area contributed by atoms with Gasteiger partial charge < -0.3 is 9.47 Å². The summed E-state index contributed by atoms with van der Waals surface area (Å²) in [7, 11) is 0. The van der Waals surface area contributed by atoms with Crippen LogP contribution in [0.2, 0.25) is 0 Å². The van der Waals surface area contributed by atoms with Gasteiger partial charge in [-0.2, -0.15) is 11.8 Å². The number of esters is 2. The summed E-state index contributed by atoms with van der Waals surface area (Å²) >= 11 is 1.60. The van der Waals surface area contributed by atoms with E-state index in [1.807, 2.05) is 0 Å². The van der Waals surface area contributed by atoms with Gasteiger partial charge in [-0.1, -0.05) is 13.8 Å². The van der Waals surface area contributed by atoms with E-state index in [0.717, 1.165) is 11.5 Å². The first-order valence-electron chi connectivity index (χ1n) is 5.09. The minimum atomic E-state index is -0.173. The normalized spacial score (nSPS) is 9.73. The molecule has 0 heterocycles. The summed E-state index contributed by atoms with van der Waals surface area (Å²) in [6.07, 6.45) is 0.831. The molecule has 0 aromatic heterocycles. The second-order valence-corrected chi connectivity index (χ2v) is 3.99. The van der Waals surface area contributed by atoms with Crippen molar-refractivity contribution in [3.05, 3.63) is 0 Å². The third-order valence-corrected chi connectivity index (χ3v) is 2.47. The number of ether oxygens (including phenoxy) is 2. The van der Waals surface area contributed by atoms with Gasteiger partial charge in [0.1, 0.15) is 13.2 Å². The van der Waals surface area contributed by atoms with Crippen LogP contribution in [-0.4, -0.2) is 36.7 Å². The standard InChI is InChI=1S/C10H18O4S/c1-3-9(11)13-5-7-15-8-6-14-10(12)4-2/h3-8H2,1-2H3. The van der Waals surface area contributed by atoms with E-state index in [4.69, 9.17) is 9.47 Å². The Hall–Kier alpha value is -0.710. The van der Waals surface area contributed by atoms with E-state index in [-0.39, 0.29) is 11.9 Å². The Labute approximate surface area is 94.7 Å². The average molecular weight is 234 g/mol. The van der Waals surface area contributed by atoms with Gasteiger partial charge in [0.15, 0.2) is 0 Å². The summed E-state index contributed by atoms with van der Waals surface area (Å²) in [4.78, 5) is 21.5. The van der Waals surface area contributed by atoms with Crippen LogP contribution in [0, 0.1) is 0 Å². The molecular formula is C10H18O4S. The van der Waals surface area contributed by atoms with Crippen LogP contribution in [0.15, 0.2) is 0 Å². The molecule has 0 bridgehead atoms. The summed E-state index contributed by atoms with van der Waals surface area (Å²) in [6.45, 7) is 4.39. The van der Waals surface area contributed by atoms with Crippen molar-refractivity contribution in [1.29, 1.82) is 0 Å². The van der Waals surface area contributed by atoms with Gasteiger partial charge in [-0.25, -0.2) is 0 Å². The minimum absolute atomic E-state index is 0.173. The van der Waals surface area contributed by atoms with Crippen LogP contribution >= 0.6 is 11.8 Å². The van der Waals surface area contributed by atoms with Gasteiger partial charge in [-0.05, 0) is 0 Å². The van der Waals surface area contributed by atoms with Gasteiger partial charge in [0.2, 0.25) is 0 Å². The lowest BCUT2D eigenvalue weighted by Gasteiger charge is -2.04. The Bertz CT molecular complexity index is 174. The molecular weight excluding hydrogens is 216 g/mol. The van der Waals surface area contributed by atoms with E-state index in [9.17, 15) is 9.59 Å². The Balaban J connectivity index is 3.11. The molecule has 0 radical (unpaired) electrons. The summed E-state index contributed by atoms with van der Waals surface area (Å²) in [5.41, 5.74) is 0. The van der Waals surface area contributed by atoms with Crippen molar-refractivity contribution in [3.8, 4) is 0 Å². The highest BCUT2D eigenvalue weighted by atomic mass is 32.2. The fraction of sp³-hybridized carbons (Fsp3) is 0.800. The van der Waals surface area contributed by atoms with E-state index < -0.39 is 0 Å². The van der Waals surface area contributed by atoms with Gasteiger partial charge in [-0.3, -0.25) is 9.59 Å². The zero-order valence-electron chi connectivity index (χ0n) is 9.28. The predicted octanol–water partition coefficient (Wildman–Crippen LogP) is 1.63. The summed E-state index contributed by atoms with van der Waals surface area (Å²) in [5, 5.41) is 0. The molecule has 0 aromatic rings. The fourth-order valence-corrected chi connectivity index (χ4v) is 1.34. The van der Waals surface area contributed by atoms with Crippen LogP contribution in [-0.2, 0) is 19.1 Å². The third-order valence-electron chi connectivity index (χ3n) is 1.56. The number of hydrogen-bond acceptors (Lipinski definition) is 5. The minimum Gasteiger partial charge on any atom is -0.465 e. The van der Waals surface area contributed by atoms with Crippen molar-refractivity contribution >= 4 is 23.7 Å².